The van der Waals surface area contributed by atoms with E-state index in [0.717, 1.165) is 42.7 Å². The lowest BCUT2D eigenvalue weighted by Gasteiger charge is -2.08. The van der Waals surface area contributed by atoms with Gasteiger partial charge in [0.15, 0.2) is 0 Å². The van der Waals surface area contributed by atoms with E-state index >= 15 is 0 Å². The number of halogens is 2. The van der Waals surface area contributed by atoms with Crippen LogP contribution in [0.15, 0.2) is 116 Å². The Kier molecular flexibility index (Phi) is 19.8. The summed E-state index contributed by atoms with van der Waals surface area (Å²) in [5.41, 5.74) is 5.60. The zero-order valence-corrected chi connectivity index (χ0v) is 24.1. The first kappa shape index (κ1) is 32.2. The Hall–Kier alpha value is -1.97. The van der Waals surface area contributed by atoms with Crippen LogP contribution < -0.4 is 0 Å². The largest absolute Gasteiger partial charge is 0.253 e. The van der Waals surface area contributed by atoms with Gasteiger partial charge in [0.25, 0.3) is 0 Å². The van der Waals surface area contributed by atoms with Crippen molar-refractivity contribution in [1.82, 2.24) is 0 Å². The second-order valence-corrected chi connectivity index (χ2v) is 8.45. The van der Waals surface area contributed by atoms with E-state index in [9.17, 15) is 0 Å². The SMILES string of the molecule is C=C(/C=C(N=C(C)c1ccccc1)/C(C)=C/C=C\C)C(=C)/C=C(Br)\C=C(/C)Br.CC.CC. The normalized spacial score (nSPS) is 13.1. The summed E-state index contributed by atoms with van der Waals surface area (Å²) in [6, 6.07) is 10.2. The minimum Gasteiger partial charge on any atom is -0.253 e. The minimum absolute atomic E-state index is 0.811. The van der Waals surface area contributed by atoms with Gasteiger partial charge in [0.2, 0.25) is 0 Å². The summed E-state index contributed by atoms with van der Waals surface area (Å²) in [5.74, 6) is 0. The zero-order chi connectivity index (χ0) is 25.1. The molecule has 3 heteroatoms. The number of benzene rings is 1. The second-order valence-electron chi connectivity index (χ2n) is 6.28. The van der Waals surface area contributed by atoms with Crippen molar-refractivity contribution in [3.8, 4) is 0 Å². The molecule has 0 aliphatic heterocycles. The lowest BCUT2D eigenvalue weighted by Crippen LogP contribution is -1.97. The fraction of sp³-hybridized carbons (Fsp3) is 0.276. The molecule has 0 atom stereocenters. The van der Waals surface area contributed by atoms with Crippen molar-refractivity contribution in [3.63, 3.8) is 0 Å². The smallest absolute Gasteiger partial charge is 0.0668 e. The Balaban J connectivity index is 0. The fourth-order valence-corrected chi connectivity index (χ4v) is 3.41. The Morgan fingerprint density at radius 3 is 1.88 bits per heavy atom. The monoisotopic (exact) mass is 559 g/mol. The van der Waals surface area contributed by atoms with Crippen molar-refractivity contribution in [1.29, 1.82) is 0 Å². The van der Waals surface area contributed by atoms with E-state index in [1.807, 2.05) is 110 Å². The average molecular weight is 561 g/mol. The number of rotatable bonds is 8. The van der Waals surface area contributed by atoms with Crippen LogP contribution in [-0.4, -0.2) is 5.71 Å². The van der Waals surface area contributed by atoms with E-state index in [0.29, 0.717) is 0 Å². The van der Waals surface area contributed by atoms with Gasteiger partial charge in [-0.3, -0.25) is 4.99 Å². The predicted molar refractivity (Wildman–Crippen MR) is 156 cm³/mol. The molecule has 0 radical (unpaired) electrons. The Morgan fingerprint density at radius 1 is 0.844 bits per heavy atom. The third-order valence-electron chi connectivity index (χ3n) is 3.79. The molecular formula is C29H39Br2N. The molecule has 0 saturated carbocycles. The molecule has 0 N–H and O–H groups in total. The van der Waals surface area contributed by atoms with Gasteiger partial charge in [-0.15, -0.1) is 0 Å². The third-order valence-corrected chi connectivity index (χ3v) is 4.48. The fourth-order valence-electron chi connectivity index (χ4n) is 2.23. The van der Waals surface area contributed by atoms with Crippen LogP contribution in [-0.2, 0) is 0 Å². The van der Waals surface area contributed by atoms with Crippen molar-refractivity contribution < 1.29 is 0 Å². The van der Waals surface area contributed by atoms with Gasteiger partial charge in [0, 0.05) is 10.2 Å². The molecule has 0 bridgehead atoms. The van der Waals surface area contributed by atoms with Gasteiger partial charge < -0.3 is 0 Å². The van der Waals surface area contributed by atoms with Gasteiger partial charge in [-0.1, -0.05) is 121 Å². The molecule has 174 valence electrons. The molecule has 1 aromatic rings. The van der Waals surface area contributed by atoms with Crippen LogP contribution in [0, 0.1) is 0 Å². The van der Waals surface area contributed by atoms with Crippen molar-refractivity contribution in [3.05, 3.63) is 117 Å². The molecule has 0 heterocycles. The average Bonchev–Trinajstić information content (AvgIpc) is 2.79. The highest BCUT2D eigenvalue weighted by Crippen LogP contribution is 2.22. The molecule has 0 amide bonds. The maximum Gasteiger partial charge on any atom is 0.0668 e. The van der Waals surface area contributed by atoms with Gasteiger partial charge in [-0.2, -0.15) is 0 Å². The quantitative estimate of drug-likeness (QED) is 0.221. The highest BCUT2D eigenvalue weighted by Gasteiger charge is 2.04. The Bertz CT molecular complexity index is 888. The Labute approximate surface area is 214 Å². The molecule has 0 aliphatic carbocycles. The van der Waals surface area contributed by atoms with Crippen molar-refractivity contribution >= 4 is 37.6 Å². The molecule has 1 nitrogen and oxygen atoms in total. The molecule has 0 saturated heterocycles. The standard InChI is InChI=1S/C25H27Br2N.2C2H6/c1-7-8-12-18(2)25(28-22(6)23-13-10-9-11-14-23)16-20(4)19(3)15-24(27)17-21(5)26;2*1-2/h7-17H,3-4H2,1-2,5-6H3;2*1-2H3/b8-7-,18-12+,21-17+,24-15+,25-16-,28-22?;;. The first-order valence-corrected chi connectivity index (χ1v) is 12.5. The highest BCUT2D eigenvalue weighted by molar-refractivity contribution is 9.12. The van der Waals surface area contributed by atoms with Crippen LogP contribution in [0.2, 0.25) is 0 Å². The first-order valence-electron chi connectivity index (χ1n) is 11.0. The van der Waals surface area contributed by atoms with Crippen LogP contribution >= 0.6 is 31.9 Å². The maximum absolute atomic E-state index is 4.87. The number of hydrogen-bond acceptors (Lipinski definition) is 1. The van der Waals surface area contributed by atoms with E-state index in [2.05, 4.69) is 57.2 Å². The highest BCUT2D eigenvalue weighted by atomic mass is 79.9. The summed E-state index contributed by atoms with van der Waals surface area (Å²) in [5, 5.41) is 0. The number of hydrogen-bond donors (Lipinski definition) is 0. The zero-order valence-electron chi connectivity index (χ0n) is 21.0. The number of allylic oxidation sites excluding steroid dienone is 11. The third kappa shape index (κ3) is 14.2. The lowest BCUT2D eigenvalue weighted by molar-refractivity contribution is 1.26. The van der Waals surface area contributed by atoms with Crippen molar-refractivity contribution in [2.24, 2.45) is 4.99 Å². The van der Waals surface area contributed by atoms with E-state index in [-0.39, 0.29) is 0 Å². The molecule has 0 unspecified atom stereocenters. The maximum atomic E-state index is 4.87. The summed E-state index contributed by atoms with van der Waals surface area (Å²) in [6.45, 7) is 24.4. The molecule has 32 heavy (non-hydrogen) atoms. The first-order chi connectivity index (χ1) is 15.2. The van der Waals surface area contributed by atoms with E-state index in [4.69, 9.17) is 4.99 Å². The van der Waals surface area contributed by atoms with E-state index < -0.39 is 0 Å². The lowest BCUT2D eigenvalue weighted by atomic mass is 10.0. The molecule has 0 aliphatic rings. The van der Waals surface area contributed by atoms with Crippen molar-refractivity contribution in [2.45, 2.75) is 55.4 Å². The predicted octanol–water partition coefficient (Wildman–Crippen LogP) is 10.6. The van der Waals surface area contributed by atoms with Gasteiger partial charge in [0.1, 0.15) is 0 Å². The summed E-state index contributed by atoms with van der Waals surface area (Å²) in [6.07, 6.45) is 11.9. The van der Waals surface area contributed by atoms with Crippen LogP contribution in [0.4, 0.5) is 0 Å². The van der Waals surface area contributed by atoms with Gasteiger partial charge in [-0.05, 0) is 72.7 Å². The molecular weight excluding hydrogens is 522 g/mol. The summed E-state index contributed by atoms with van der Waals surface area (Å²) in [7, 11) is 0. The van der Waals surface area contributed by atoms with Crippen LogP contribution in [0.3, 0.4) is 0 Å². The molecule has 0 spiro atoms. The van der Waals surface area contributed by atoms with Crippen molar-refractivity contribution in [2.75, 3.05) is 0 Å². The summed E-state index contributed by atoms with van der Waals surface area (Å²) in [4.78, 5) is 4.87. The van der Waals surface area contributed by atoms with Gasteiger partial charge in [0.05, 0.1) is 5.70 Å². The van der Waals surface area contributed by atoms with E-state index in [1.54, 1.807) is 0 Å². The molecule has 0 aromatic heterocycles. The summed E-state index contributed by atoms with van der Waals surface area (Å²) < 4.78 is 1.95. The summed E-state index contributed by atoms with van der Waals surface area (Å²) >= 11 is 6.96. The second kappa shape index (κ2) is 19.7. The van der Waals surface area contributed by atoms with Gasteiger partial charge >= 0.3 is 0 Å². The Morgan fingerprint density at radius 2 is 1.38 bits per heavy atom. The molecule has 1 rings (SSSR count). The molecule has 1 aromatic carbocycles. The number of nitrogens with zero attached hydrogens (tertiary/aromatic N) is 1. The topological polar surface area (TPSA) is 12.4 Å². The molecule has 0 fully saturated rings. The van der Waals surface area contributed by atoms with Crippen LogP contribution in [0.5, 0.6) is 0 Å². The minimum atomic E-state index is 0.811. The van der Waals surface area contributed by atoms with E-state index in [1.165, 1.54) is 0 Å². The van der Waals surface area contributed by atoms with Crippen LogP contribution in [0.1, 0.15) is 61.0 Å². The number of aliphatic imine (C=N–C) groups is 1. The van der Waals surface area contributed by atoms with Crippen LogP contribution in [0.25, 0.3) is 0 Å². The van der Waals surface area contributed by atoms with Gasteiger partial charge in [-0.25, -0.2) is 0 Å².